The minimum absolute atomic E-state index is 0.00537. The predicted octanol–water partition coefficient (Wildman–Crippen LogP) is 4.93. The smallest absolute Gasteiger partial charge is 0.433 e. The zero-order valence-corrected chi connectivity index (χ0v) is 23.6. The molecule has 0 bridgehead atoms. The molecule has 1 aliphatic rings. The van der Waals surface area contributed by atoms with Gasteiger partial charge in [-0.25, -0.2) is 9.50 Å². The van der Waals surface area contributed by atoms with Gasteiger partial charge in [-0.05, 0) is 50.6 Å². The van der Waals surface area contributed by atoms with Gasteiger partial charge < -0.3 is 14.7 Å². The van der Waals surface area contributed by atoms with Crippen LogP contribution >= 0.6 is 0 Å². The number of carbonyl (C=O) groups excluding carboxylic acids is 1. The van der Waals surface area contributed by atoms with E-state index in [1.54, 1.807) is 35.2 Å². The number of piperazine rings is 1. The maximum atomic E-state index is 14.3. The van der Waals surface area contributed by atoms with Gasteiger partial charge in [-0.3, -0.25) is 9.69 Å². The van der Waals surface area contributed by atoms with Crippen molar-refractivity contribution in [3.63, 3.8) is 0 Å². The second kappa shape index (κ2) is 12.3. The van der Waals surface area contributed by atoms with Crippen molar-refractivity contribution in [1.82, 2.24) is 24.4 Å². The summed E-state index contributed by atoms with van der Waals surface area (Å²) in [4.78, 5) is 21.8. The highest BCUT2D eigenvalue weighted by molar-refractivity contribution is 6.00. The molecule has 218 valence electrons. The summed E-state index contributed by atoms with van der Waals surface area (Å²) in [5.74, 6) is 0.107. The molecular weight excluding hydrogens is 535 g/mol. The molecule has 41 heavy (non-hydrogen) atoms. The van der Waals surface area contributed by atoms with Crippen molar-refractivity contribution >= 4 is 11.6 Å². The number of aliphatic hydroxyl groups is 1. The Balaban J connectivity index is 1.66. The summed E-state index contributed by atoms with van der Waals surface area (Å²) < 4.78 is 48.7. The summed E-state index contributed by atoms with van der Waals surface area (Å²) in [6.45, 7) is 10.5. The highest BCUT2D eigenvalue weighted by Crippen LogP contribution is 2.37. The van der Waals surface area contributed by atoms with E-state index < -0.39 is 17.8 Å². The second-order valence-corrected chi connectivity index (χ2v) is 10.1. The molecule has 1 aromatic carbocycles. The highest BCUT2D eigenvalue weighted by Gasteiger charge is 2.39. The molecule has 1 amide bonds. The Hall–Kier alpha value is -3.96. The van der Waals surface area contributed by atoms with E-state index in [0.29, 0.717) is 42.0 Å². The molecular formula is C30H34F3N5O3. The van der Waals surface area contributed by atoms with Crippen LogP contribution < -0.4 is 4.74 Å². The lowest BCUT2D eigenvalue weighted by molar-refractivity contribution is -0.143. The van der Waals surface area contributed by atoms with Crippen LogP contribution in [-0.4, -0.2) is 81.3 Å². The van der Waals surface area contributed by atoms with Crippen LogP contribution in [0.5, 0.6) is 5.75 Å². The van der Waals surface area contributed by atoms with Crippen molar-refractivity contribution < 1.29 is 27.8 Å². The van der Waals surface area contributed by atoms with E-state index in [1.165, 1.54) is 14.0 Å². The SMILES string of the molecule is C=C/C=C(\C=C(C)C)[C@@H](CO)N1CCN(C(=O)c2cnn3c(C(F)(F)F)c(C)c(-c4ccc(OC)cc4)nc23)CC1. The summed E-state index contributed by atoms with van der Waals surface area (Å²) in [5.41, 5.74) is 1.31. The molecule has 4 rings (SSSR count). The highest BCUT2D eigenvalue weighted by atomic mass is 19.4. The van der Waals surface area contributed by atoms with Crippen molar-refractivity contribution in [3.05, 3.63) is 83.2 Å². The first-order chi connectivity index (χ1) is 19.5. The van der Waals surface area contributed by atoms with Gasteiger partial charge in [0.2, 0.25) is 0 Å². The summed E-state index contributed by atoms with van der Waals surface area (Å²) >= 11 is 0. The molecule has 1 atom stereocenters. The summed E-state index contributed by atoms with van der Waals surface area (Å²) in [6.07, 6.45) is 1.94. The van der Waals surface area contributed by atoms with Gasteiger partial charge in [0.05, 0.1) is 31.6 Å². The number of rotatable bonds is 8. The molecule has 0 saturated carbocycles. The molecule has 11 heteroatoms. The number of hydrogen-bond donors (Lipinski definition) is 1. The first-order valence-corrected chi connectivity index (χ1v) is 13.2. The summed E-state index contributed by atoms with van der Waals surface area (Å²) in [6, 6.07) is 6.27. The molecule has 1 aliphatic heterocycles. The van der Waals surface area contributed by atoms with Gasteiger partial charge >= 0.3 is 6.18 Å². The van der Waals surface area contributed by atoms with Crippen LogP contribution in [0.3, 0.4) is 0 Å². The van der Waals surface area contributed by atoms with Crippen LogP contribution in [0.1, 0.15) is 35.5 Å². The van der Waals surface area contributed by atoms with Crippen LogP contribution in [0.25, 0.3) is 16.9 Å². The third-order valence-corrected chi connectivity index (χ3v) is 7.11. The molecule has 0 aliphatic carbocycles. The van der Waals surface area contributed by atoms with Crippen LogP contribution in [0, 0.1) is 6.92 Å². The van der Waals surface area contributed by atoms with Gasteiger partial charge in [0.15, 0.2) is 11.3 Å². The fourth-order valence-corrected chi connectivity index (χ4v) is 5.15. The van der Waals surface area contributed by atoms with Gasteiger partial charge in [-0.1, -0.05) is 30.4 Å². The van der Waals surface area contributed by atoms with Crippen molar-refractivity contribution in [2.24, 2.45) is 0 Å². The lowest BCUT2D eigenvalue weighted by Crippen LogP contribution is -2.53. The topological polar surface area (TPSA) is 83.2 Å². The Kier molecular flexibility index (Phi) is 8.98. The number of carbonyl (C=O) groups is 1. The van der Waals surface area contributed by atoms with E-state index in [1.807, 2.05) is 26.0 Å². The van der Waals surface area contributed by atoms with Crippen molar-refractivity contribution in [3.8, 4) is 17.0 Å². The zero-order valence-electron chi connectivity index (χ0n) is 23.6. The number of fused-ring (bicyclic) bond motifs is 1. The Bertz CT molecular complexity index is 1480. The van der Waals surface area contributed by atoms with Crippen LogP contribution in [0.4, 0.5) is 13.2 Å². The van der Waals surface area contributed by atoms with Gasteiger partial charge in [-0.15, -0.1) is 0 Å². The van der Waals surface area contributed by atoms with E-state index in [-0.39, 0.29) is 35.1 Å². The number of methoxy groups -OCH3 is 1. The number of alkyl halides is 3. The fraction of sp³-hybridized carbons (Fsp3) is 0.367. The van der Waals surface area contributed by atoms with Crippen LogP contribution in [0.2, 0.25) is 0 Å². The Morgan fingerprint density at radius 1 is 1.17 bits per heavy atom. The van der Waals surface area contributed by atoms with Crippen LogP contribution in [0.15, 0.2) is 66.4 Å². The average Bonchev–Trinajstić information content (AvgIpc) is 3.35. The van der Waals surface area contributed by atoms with Crippen molar-refractivity contribution in [2.45, 2.75) is 33.0 Å². The quantitative estimate of drug-likeness (QED) is 0.388. The third-order valence-electron chi connectivity index (χ3n) is 7.11. The number of halogens is 3. The van der Waals surface area contributed by atoms with Crippen molar-refractivity contribution in [2.75, 3.05) is 39.9 Å². The molecule has 1 saturated heterocycles. The summed E-state index contributed by atoms with van der Waals surface area (Å²) in [7, 11) is 1.50. The zero-order chi connectivity index (χ0) is 29.9. The largest absolute Gasteiger partial charge is 0.497 e. The number of aromatic nitrogens is 3. The van der Waals surface area contributed by atoms with E-state index in [0.717, 1.165) is 17.3 Å². The van der Waals surface area contributed by atoms with E-state index in [2.05, 4.69) is 21.6 Å². The number of hydrogen-bond acceptors (Lipinski definition) is 6. The maximum absolute atomic E-state index is 14.3. The molecule has 1 fully saturated rings. The number of aliphatic hydroxyl groups excluding tert-OH is 1. The first-order valence-electron chi connectivity index (χ1n) is 13.2. The predicted molar refractivity (Wildman–Crippen MR) is 151 cm³/mol. The van der Waals surface area contributed by atoms with E-state index in [4.69, 9.17) is 4.74 Å². The van der Waals surface area contributed by atoms with Gasteiger partial charge in [-0.2, -0.15) is 18.3 Å². The first kappa shape index (κ1) is 30.0. The van der Waals surface area contributed by atoms with Crippen molar-refractivity contribution in [1.29, 1.82) is 0 Å². The minimum Gasteiger partial charge on any atom is -0.497 e. The van der Waals surface area contributed by atoms with Gasteiger partial charge in [0.1, 0.15) is 11.3 Å². The Morgan fingerprint density at radius 2 is 1.83 bits per heavy atom. The monoisotopic (exact) mass is 569 g/mol. The van der Waals surface area contributed by atoms with E-state index in [9.17, 15) is 23.1 Å². The Morgan fingerprint density at radius 3 is 2.37 bits per heavy atom. The lowest BCUT2D eigenvalue weighted by atomic mass is 10.0. The molecule has 0 radical (unpaired) electrons. The molecule has 8 nitrogen and oxygen atoms in total. The second-order valence-electron chi connectivity index (χ2n) is 10.1. The summed E-state index contributed by atoms with van der Waals surface area (Å²) in [5, 5.41) is 14.1. The third kappa shape index (κ3) is 6.20. The number of allylic oxidation sites excluding steroid dienone is 3. The maximum Gasteiger partial charge on any atom is 0.433 e. The number of ether oxygens (including phenoxy) is 1. The minimum atomic E-state index is -4.73. The van der Waals surface area contributed by atoms with Crippen LogP contribution in [-0.2, 0) is 6.18 Å². The molecule has 1 N–H and O–H groups in total. The van der Waals surface area contributed by atoms with Gasteiger partial charge in [0, 0.05) is 37.3 Å². The van der Waals surface area contributed by atoms with Gasteiger partial charge in [0.25, 0.3) is 5.91 Å². The number of benzene rings is 1. The van der Waals surface area contributed by atoms with E-state index >= 15 is 0 Å². The lowest BCUT2D eigenvalue weighted by Gasteiger charge is -2.39. The molecule has 3 heterocycles. The Labute approximate surface area is 237 Å². The normalized spacial score (nSPS) is 15.6. The average molecular weight is 570 g/mol. The number of amides is 1. The fourth-order valence-electron chi connectivity index (χ4n) is 5.15. The molecule has 0 spiro atoms. The molecule has 2 aromatic heterocycles. The molecule has 0 unspecified atom stereocenters. The standard InChI is InChI=1S/C30H34F3N5O3/c1-6-7-22(16-19(2)3)25(18-39)36-12-14-37(15-13-36)29(40)24-17-34-38-27(30(31,32)33)20(4)26(35-28(24)38)21-8-10-23(41-5)11-9-21/h6-11,16-17,25,39H,1,12-15,18H2,2-5H3/b22-7+/t25-/m1/s1. The number of nitrogens with zero attached hydrogens (tertiary/aromatic N) is 5. The molecule has 3 aromatic rings.